The van der Waals surface area contributed by atoms with Crippen LogP contribution in [0.2, 0.25) is 0 Å². The number of hydrogen-bond donors (Lipinski definition) is 2. The number of H-pyrrole nitrogens is 1. The van der Waals surface area contributed by atoms with Crippen LogP contribution in [0.15, 0.2) is 64.2 Å². The first-order chi connectivity index (χ1) is 12.1. The van der Waals surface area contributed by atoms with Crippen molar-refractivity contribution < 1.29 is 5.11 Å². The zero-order chi connectivity index (χ0) is 17.1. The molecule has 0 unspecified atom stereocenters. The van der Waals surface area contributed by atoms with E-state index >= 15 is 0 Å². The average Bonchev–Trinajstić information content (AvgIpc) is 2.64. The first-order valence-corrected chi connectivity index (χ1v) is 9.49. The predicted octanol–water partition coefficient (Wildman–Crippen LogP) is 3.11. The van der Waals surface area contributed by atoms with E-state index in [1.165, 1.54) is 0 Å². The van der Waals surface area contributed by atoms with Gasteiger partial charge in [-0.3, -0.25) is 0 Å². The quantitative estimate of drug-likeness (QED) is 0.242. The molecule has 25 heavy (non-hydrogen) atoms. The van der Waals surface area contributed by atoms with Crippen molar-refractivity contribution in [1.82, 2.24) is 4.98 Å². The van der Waals surface area contributed by atoms with E-state index in [0.717, 1.165) is 14.0 Å². The first kappa shape index (κ1) is 14.5. The van der Waals surface area contributed by atoms with E-state index < -0.39 is 0 Å². The third-order valence-electron chi connectivity index (χ3n) is 4.51. The number of phenols is 1. The minimum atomic E-state index is -0.307. The second-order valence-corrected chi connectivity index (χ2v) is 8.22. The van der Waals surface area contributed by atoms with Crippen molar-refractivity contribution in [3.05, 3.63) is 75.0 Å². The second-order valence-electron chi connectivity index (χ2n) is 5.95. The Morgan fingerprint density at radius 1 is 0.800 bits per heavy atom. The van der Waals surface area contributed by atoms with Crippen LogP contribution in [-0.4, -0.2) is 24.6 Å². The molecular formula is C20H11NO3Se. The molecule has 0 saturated carbocycles. The summed E-state index contributed by atoms with van der Waals surface area (Å²) in [6.45, 7) is 0. The fourth-order valence-electron chi connectivity index (χ4n) is 3.37. The molecule has 0 bridgehead atoms. The Kier molecular flexibility index (Phi) is 2.92. The van der Waals surface area contributed by atoms with Crippen LogP contribution in [0, 0.1) is 0 Å². The van der Waals surface area contributed by atoms with Crippen LogP contribution in [0.5, 0.6) is 5.75 Å². The van der Waals surface area contributed by atoms with Gasteiger partial charge >= 0.3 is 146 Å². The number of nitrogens with one attached hydrogen (secondary N) is 1. The Morgan fingerprint density at radius 2 is 1.44 bits per heavy atom. The maximum absolute atomic E-state index is 13.1. The number of para-hydroxylation sites is 1. The molecule has 1 heterocycles. The molecule has 120 valence electrons. The van der Waals surface area contributed by atoms with E-state index in [1.54, 1.807) is 30.3 Å². The van der Waals surface area contributed by atoms with Crippen molar-refractivity contribution in [3.63, 3.8) is 0 Å². The standard InChI is InChI=1S/C20H11NO3Se/c22-13-9-15-18(21-12-7-3-4-8-14(12)25-15)17-16(13)19(23)10-5-1-2-6-11(10)20(17)24/h1-9,21-22H. The third-order valence-corrected chi connectivity index (χ3v) is 6.85. The van der Waals surface area contributed by atoms with Crippen LogP contribution >= 0.6 is 0 Å². The molecule has 0 atom stereocenters. The number of hydrogen-bond acceptors (Lipinski definition) is 3. The third kappa shape index (κ3) is 1.94. The fourth-order valence-corrected chi connectivity index (χ4v) is 5.55. The van der Waals surface area contributed by atoms with Crippen molar-refractivity contribution >= 4 is 55.6 Å². The summed E-state index contributed by atoms with van der Waals surface area (Å²) in [5.74, 6) is -0.121. The molecule has 4 aromatic carbocycles. The zero-order valence-corrected chi connectivity index (χ0v) is 14.6. The average molecular weight is 392 g/mol. The Balaban J connectivity index is 2.17. The number of benzene rings is 4. The monoisotopic (exact) mass is 393 g/mol. The van der Waals surface area contributed by atoms with Gasteiger partial charge in [0.2, 0.25) is 0 Å². The Bertz CT molecular complexity index is 1450. The van der Waals surface area contributed by atoms with Crippen molar-refractivity contribution in [2.45, 2.75) is 0 Å². The number of aromatic amines is 1. The summed E-state index contributed by atoms with van der Waals surface area (Å²) in [6.07, 6.45) is 0. The van der Waals surface area contributed by atoms with E-state index in [-0.39, 0.29) is 41.9 Å². The molecular weight excluding hydrogens is 381 g/mol. The van der Waals surface area contributed by atoms with Gasteiger partial charge in [-0.2, -0.15) is 0 Å². The number of phenolic OH excluding ortho intramolecular Hbond substituents is 1. The van der Waals surface area contributed by atoms with E-state index in [4.69, 9.17) is 0 Å². The number of aromatic nitrogens is 1. The molecule has 4 nitrogen and oxygen atoms in total. The summed E-state index contributed by atoms with van der Waals surface area (Å²) in [6, 6.07) is 16.3. The van der Waals surface area contributed by atoms with Gasteiger partial charge in [-0.15, -0.1) is 0 Å². The van der Waals surface area contributed by atoms with E-state index in [9.17, 15) is 14.7 Å². The van der Waals surface area contributed by atoms with Gasteiger partial charge in [0, 0.05) is 0 Å². The topological polar surface area (TPSA) is 70.2 Å². The normalized spacial score (nSPS) is 11.7. The van der Waals surface area contributed by atoms with Gasteiger partial charge < -0.3 is 0 Å². The maximum atomic E-state index is 13.1. The molecule has 0 aliphatic heterocycles. The van der Waals surface area contributed by atoms with Crippen LogP contribution in [0.1, 0.15) is 0 Å². The van der Waals surface area contributed by atoms with Crippen molar-refractivity contribution in [1.29, 1.82) is 0 Å². The molecule has 0 aliphatic carbocycles. The van der Waals surface area contributed by atoms with E-state index in [1.807, 2.05) is 24.3 Å². The molecule has 0 radical (unpaired) electrons. The summed E-state index contributed by atoms with van der Waals surface area (Å²) < 4.78 is 2.03. The minimum absolute atomic E-state index is 0.0516. The molecule has 1 aromatic heterocycles. The second kappa shape index (κ2) is 5.06. The molecule has 5 rings (SSSR count). The Morgan fingerprint density at radius 3 is 2.20 bits per heavy atom. The van der Waals surface area contributed by atoms with Crippen molar-refractivity contribution in [3.8, 4) is 5.75 Å². The van der Waals surface area contributed by atoms with Gasteiger partial charge in [-0.05, 0) is 0 Å². The molecule has 0 amide bonds. The molecule has 0 spiro atoms. The summed E-state index contributed by atoms with van der Waals surface area (Å²) in [7, 11) is 0. The molecule has 5 aromatic rings. The Labute approximate surface area is 146 Å². The summed E-state index contributed by atoms with van der Waals surface area (Å²) >= 11 is -0.0516. The van der Waals surface area contributed by atoms with Gasteiger partial charge in [0.1, 0.15) is 0 Å². The van der Waals surface area contributed by atoms with Crippen LogP contribution < -0.4 is 10.9 Å². The predicted molar refractivity (Wildman–Crippen MR) is 102 cm³/mol. The molecule has 0 fully saturated rings. The van der Waals surface area contributed by atoms with Gasteiger partial charge in [0.25, 0.3) is 0 Å². The summed E-state index contributed by atoms with van der Waals surface area (Å²) in [5, 5.41) is 11.6. The van der Waals surface area contributed by atoms with Gasteiger partial charge in [-0.25, -0.2) is 0 Å². The van der Waals surface area contributed by atoms with Gasteiger partial charge in [-0.1, -0.05) is 0 Å². The zero-order valence-electron chi connectivity index (χ0n) is 12.9. The van der Waals surface area contributed by atoms with Crippen LogP contribution in [0.3, 0.4) is 0 Å². The molecule has 0 aliphatic rings. The van der Waals surface area contributed by atoms with Crippen LogP contribution in [0.25, 0.3) is 41.1 Å². The first-order valence-electron chi connectivity index (χ1n) is 7.77. The molecule has 0 saturated heterocycles. The molecule has 5 heteroatoms. The van der Waals surface area contributed by atoms with Gasteiger partial charge in [0.05, 0.1) is 0 Å². The van der Waals surface area contributed by atoms with Gasteiger partial charge in [0.15, 0.2) is 0 Å². The van der Waals surface area contributed by atoms with Crippen LogP contribution in [0.4, 0.5) is 0 Å². The number of rotatable bonds is 0. The summed E-state index contributed by atoms with van der Waals surface area (Å²) in [5.41, 5.74) is 1.07. The van der Waals surface area contributed by atoms with E-state index in [2.05, 4.69) is 4.98 Å². The summed E-state index contributed by atoms with van der Waals surface area (Å²) in [4.78, 5) is 29.3. The number of aromatic hydroxyl groups is 1. The Hall–Kier alpha value is -2.88. The van der Waals surface area contributed by atoms with Crippen LogP contribution in [-0.2, 0) is 0 Å². The number of fused-ring (bicyclic) bond motifs is 5. The molecule has 2 N–H and O–H groups in total. The SMILES string of the molecule is O=c1c2ccccc2c(=O)c2c1c(O)cc1[se]c3ccccc3[nH]c12. The van der Waals surface area contributed by atoms with Crippen molar-refractivity contribution in [2.75, 3.05) is 0 Å². The van der Waals surface area contributed by atoms with Crippen molar-refractivity contribution in [2.24, 2.45) is 0 Å². The van der Waals surface area contributed by atoms with E-state index in [0.29, 0.717) is 16.3 Å². The fraction of sp³-hybridized carbons (Fsp3) is 0.